The van der Waals surface area contributed by atoms with Crippen LogP contribution in [0.25, 0.3) is 10.8 Å². The van der Waals surface area contributed by atoms with E-state index in [1.54, 1.807) is 11.3 Å². The first-order valence-corrected chi connectivity index (χ1v) is 10.6. The first-order chi connectivity index (χ1) is 13.7. The van der Waals surface area contributed by atoms with Crippen molar-refractivity contribution in [3.63, 3.8) is 0 Å². The summed E-state index contributed by atoms with van der Waals surface area (Å²) in [6, 6.07) is 14.7. The number of rotatable bonds is 6. The number of aryl methyl sites for hydroxylation is 1. The monoisotopic (exact) mass is 395 g/mol. The summed E-state index contributed by atoms with van der Waals surface area (Å²) in [7, 11) is 0. The first kappa shape index (κ1) is 18.9. The highest BCUT2D eigenvalue weighted by atomic mass is 32.1. The molecule has 1 aliphatic rings. The average Bonchev–Trinajstić information content (AvgIpc) is 3.38. The molecule has 1 aliphatic heterocycles. The Morgan fingerprint density at radius 3 is 2.93 bits per heavy atom. The molecule has 0 spiro atoms. The number of carbonyl (C=O) groups is 1. The van der Waals surface area contributed by atoms with Crippen LogP contribution in [-0.2, 0) is 17.8 Å². The predicted molar refractivity (Wildman–Crippen MR) is 111 cm³/mol. The van der Waals surface area contributed by atoms with Crippen LogP contribution in [0.4, 0.5) is 0 Å². The van der Waals surface area contributed by atoms with Gasteiger partial charge in [-0.3, -0.25) is 4.79 Å². The third-order valence-corrected chi connectivity index (χ3v) is 6.01. The van der Waals surface area contributed by atoms with Crippen molar-refractivity contribution in [1.82, 2.24) is 15.2 Å². The number of carbonyl (C=O) groups excluding carboxylic acids is 1. The Hall–Kier alpha value is -2.44. The van der Waals surface area contributed by atoms with E-state index in [2.05, 4.69) is 34.6 Å². The number of nitrogens with zero attached hydrogens (tertiary/aromatic N) is 2. The molecule has 1 aromatic carbocycles. The number of piperidine rings is 1. The van der Waals surface area contributed by atoms with Crippen molar-refractivity contribution in [2.24, 2.45) is 0 Å². The van der Waals surface area contributed by atoms with Gasteiger partial charge in [0.1, 0.15) is 5.76 Å². The van der Waals surface area contributed by atoms with Crippen molar-refractivity contribution in [2.75, 3.05) is 13.1 Å². The van der Waals surface area contributed by atoms with E-state index in [1.807, 2.05) is 35.4 Å². The summed E-state index contributed by atoms with van der Waals surface area (Å²) in [6.07, 6.45) is 2.42. The highest BCUT2D eigenvalue weighted by Gasteiger charge is 2.25. The largest absolute Gasteiger partial charge is 0.440 e. The fourth-order valence-electron chi connectivity index (χ4n) is 3.58. The van der Waals surface area contributed by atoms with Crippen molar-refractivity contribution in [1.29, 1.82) is 0 Å². The van der Waals surface area contributed by atoms with Gasteiger partial charge in [0, 0.05) is 25.7 Å². The molecule has 1 atom stereocenters. The highest BCUT2D eigenvalue weighted by molar-refractivity contribution is 7.13. The van der Waals surface area contributed by atoms with E-state index < -0.39 is 0 Å². The SMILES string of the molecule is Cc1oc(-c2cccs2)nc1CC(=O)N1CCC[C@H](NCc2ccccc2)C1. The molecule has 0 radical (unpaired) electrons. The summed E-state index contributed by atoms with van der Waals surface area (Å²) in [5, 5.41) is 5.59. The Labute approximate surface area is 169 Å². The molecule has 1 N–H and O–H groups in total. The molecular weight excluding hydrogens is 370 g/mol. The molecule has 3 heterocycles. The molecule has 6 heteroatoms. The molecule has 5 nitrogen and oxygen atoms in total. The van der Waals surface area contributed by atoms with Crippen LogP contribution in [0.3, 0.4) is 0 Å². The molecule has 1 saturated heterocycles. The second-order valence-electron chi connectivity index (χ2n) is 7.22. The summed E-state index contributed by atoms with van der Waals surface area (Å²) >= 11 is 1.59. The quantitative estimate of drug-likeness (QED) is 0.684. The molecule has 1 amide bonds. The van der Waals surface area contributed by atoms with Crippen molar-refractivity contribution < 1.29 is 9.21 Å². The van der Waals surface area contributed by atoms with Crippen LogP contribution < -0.4 is 5.32 Å². The normalized spacial score (nSPS) is 17.0. The standard InChI is InChI=1S/C22H25N3O2S/c1-16-19(24-22(27-16)20-10-6-12-28-20)13-21(26)25-11-5-9-18(15-25)23-14-17-7-3-2-4-8-17/h2-4,6-8,10,12,18,23H,5,9,11,13-15H2,1H3/t18-/m0/s1. The Balaban J connectivity index is 1.34. The van der Waals surface area contributed by atoms with E-state index in [0.717, 1.165) is 48.8 Å². The molecule has 0 unspecified atom stereocenters. The Bertz CT molecular complexity index is 905. The maximum absolute atomic E-state index is 12.9. The molecule has 4 rings (SSSR count). The third-order valence-electron chi connectivity index (χ3n) is 5.16. The van der Waals surface area contributed by atoms with Gasteiger partial charge >= 0.3 is 0 Å². The van der Waals surface area contributed by atoms with Gasteiger partial charge < -0.3 is 14.6 Å². The van der Waals surface area contributed by atoms with Crippen LogP contribution in [0.2, 0.25) is 0 Å². The van der Waals surface area contributed by atoms with Gasteiger partial charge in [0.15, 0.2) is 0 Å². The minimum atomic E-state index is 0.125. The van der Waals surface area contributed by atoms with Crippen molar-refractivity contribution in [2.45, 2.75) is 38.8 Å². The van der Waals surface area contributed by atoms with Gasteiger partial charge in [-0.1, -0.05) is 36.4 Å². The smallest absolute Gasteiger partial charge is 0.236 e. The van der Waals surface area contributed by atoms with Crippen LogP contribution in [0.1, 0.15) is 29.9 Å². The topological polar surface area (TPSA) is 58.4 Å². The zero-order valence-electron chi connectivity index (χ0n) is 16.1. The number of oxazole rings is 1. The maximum atomic E-state index is 12.9. The number of hydrogen-bond acceptors (Lipinski definition) is 5. The van der Waals surface area contributed by atoms with E-state index in [0.29, 0.717) is 18.4 Å². The van der Waals surface area contributed by atoms with Crippen LogP contribution >= 0.6 is 11.3 Å². The van der Waals surface area contributed by atoms with E-state index in [9.17, 15) is 4.79 Å². The maximum Gasteiger partial charge on any atom is 0.236 e. The van der Waals surface area contributed by atoms with Gasteiger partial charge in [-0.25, -0.2) is 4.98 Å². The number of thiophene rings is 1. The molecular formula is C22H25N3O2S. The van der Waals surface area contributed by atoms with Gasteiger partial charge in [0.2, 0.25) is 11.8 Å². The Morgan fingerprint density at radius 1 is 1.29 bits per heavy atom. The fourth-order valence-corrected chi connectivity index (χ4v) is 4.23. The molecule has 3 aromatic rings. The summed E-state index contributed by atoms with van der Waals surface area (Å²) in [5.74, 6) is 1.46. The third kappa shape index (κ3) is 4.51. The zero-order chi connectivity index (χ0) is 19.3. The molecule has 0 aliphatic carbocycles. The van der Waals surface area contributed by atoms with E-state index >= 15 is 0 Å². The number of benzene rings is 1. The second-order valence-corrected chi connectivity index (χ2v) is 8.17. The lowest BCUT2D eigenvalue weighted by Crippen LogP contribution is -2.48. The number of amides is 1. The molecule has 0 bridgehead atoms. The summed E-state index contributed by atoms with van der Waals surface area (Å²) in [4.78, 5) is 20.4. The molecule has 2 aromatic heterocycles. The van der Waals surface area contributed by atoms with Crippen molar-refractivity contribution >= 4 is 17.2 Å². The number of hydrogen-bond donors (Lipinski definition) is 1. The highest BCUT2D eigenvalue weighted by Crippen LogP contribution is 2.26. The van der Waals surface area contributed by atoms with Gasteiger partial charge in [-0.2, -0.15) is 0 Å². The molecule has 146 valence electrons. The van der Waals surface area contributed by atoms with E-state index in [4.69, 9.17) is 4.42 Å². The van der Waals surface area contributed by atoms with Crippen LogP contribution in [0, 0.1) is 6.92 Å². The lowest BCUT2D eigenvalue weighted by atomic mass is 10.0. The fraction of sp³-hybridized carbons (Fsp3) is 0.364. The summed E-state index contributed by atoms with van der Waals surface area (Å²) in [5.41, 5.74) is 2.01. The average molecular weight is 396 g/mol. The second kappa shape index (κ2) is 8.71. The first-order valence-electron chi connectivity index (χ1n) is 9.74. The predicted octanol–water partition coefficient (Wildman–Crippen LogP) is 4.03. The van der Waals surface area contributed by atoms with Crippen LogP contribution in [0.5, 0.6) is 0 Å². The van der Waals surface area contributed by atoms with Crippen molar-refractivity contribution in [3.8, 4) is 10.8 Å². The van der Waals surface area contributed by atoms with Gasteiger partial charge in [0.05, 0.1) is 17.0 Å². The lowest BCUT2D eigenvalue weighted by molar-refractivity contribution is -0.131. The molecule has 0 saturated carbocycles. The number of aromatic nitrogens is 1. The Morgan fingerprint density at radius 2 is 2.14 bits per heavy atom. The minimum absolute atomic E-state index is 0.125. The van der Waals surface area contributed by atoms with Gasteiger partial charge in [0.25, 0.3) is 0 Å². The number of nitrogens with one attached hydrogen (secondary N) is 1. The summed E-state index contributed by atoms with van der Waals surface area (Å²) in [6.45, 7) is 4.28. The molecule has 1 fully saturated rings. The lowest BCUT2D eigenvalue weighted by Gasteiger charge is -2.33. The van der Waals surface area contributed by atoms with E-state index in [1.165, 1.54) is 5.56 Å². The molecule has 28 heavy (non-hydrogen) atoms. The van der Waals surface area contributed by atoms with E-state index in [-0.39, 0.29) is 5.91 Å². The van der Waals surface area contributed by atoms with Gasteiger partial charge in [-0.05, 0) is 36.8 Å². The summed E-state index contributed by atoms with van der Waals surface area (Å²) < 4.78 is 5.77. The Kier molecular flexibility index (Phi) is 5.88. The zero-order valence-corrected chi connectivity index (χ0v) is 16.9. The van der Waals surface area contributed by atoms with Crippen LogP contribution in [-0.4, -0.2) is 34.9 Å². The van der Waals surface area contributed by atoms with Gasteiger partial charge in [-0.15, -0.1) is 11.3 Å². The van der Waals surface area contributed by atoms with Crippen LogP contribution in [0.15, 0.2) is 52.3 Å². The number of likely N-dealkylation sites (tertiary alicyclic amines) is 1. The minimum Gasteiger partial charge on any atom is -0.440 e. The van der Waals surface area contributed by atoms with Crippen molar-refractivity contribution in [3.05, 3.63) is 64.9 Å².